The summed E-state index contributed by atoms with van der Waals surface area (Å²) in [5.74, 6) is 0. The van der Waals surface area contributed by atoms with Crippen LogP contribution in [0.3, 0.4) is 0 Å². The average Bonchev–Trinajstić information content (AvgIpc) is 2.02. The summed E-state index contributed by atoms with van der Waals surface area (Å²) in [6.07, 6.45) is -1.82. The molecule has 0 saturated heterocycles. The van der Waals surface area contributed by atoms with E-state index < -0.39 is 26.9 Å². The molecule has 0 spiro atoms. The van der Waals surface area contributed by atoms with Gasteiger partial charge in [-0.25, -0.2) is 27.3 Å². The van der Waals surface area contributed by atoms with Crippen LogP contribution in [0.4, 0.5) is 8.78 Å². The summed E-state index contributed by atoms with van der Waals surface area (Å²) in [4.78, 5) is 3.11. The fraction of sp³-hybridized carbons (Fsp3) is 0.167. The second kappa shape index (κ2) is 4.03. The van der Waals surface area contributed by atoms with Crippen molar-refractivity contribution in [1.82, 2.24) is 4.98 Å². The van der Waals surface area contributed by atoms with Gasteiger partial charge in [0, 0.05) is 6.20 Å². The van der Waals surface area contributed by atoms with Gasteiger partial charge >= 0.3 is 0 Å². The Morgan fingerprint density at radius 1 is 1.50 bits per heavy atom. The summed E-state index contributed by atoms with van der Waals surface area (Å²) in [6, 6.07) is 0.828. The Morgan fingerprint density at radius 3 is 2.50 bits per heavy atom. The van der Waals surface area contributed by atoms with E-state index in [9.17, 15) is 17.2 Å². The molecule has 0 atom stereocenters. The molecule has 8 heteroatoms. The van der Waals surface area contributed by atoms with Gasteiger partial charge in [-0.2, -0.15) is 0 Å². The minimum Gasteiger partial charge on any atom is -0.248 e. The summed E-state index contributed by atoms with van der Waals surface area (Å²) in [5.41, 5.74) is -0.433. The van der Waals surface area contributed by atoms with Crippen molar-refractivity contribution in [2.24, 2.45) is 5.14 Å². The lowest BCUT2D eigenvalue weighted by Gasteiger charge is -2.04. The minimum atomic E-state index is -3.97. The Balaban J connectivity index is 3.34. The van der Waals surface area contributed by atoms with E-state index in [1.807, 2.05) is 0 Å². The molecule has 0 aliphatic heterocycles. The van der Waals surface area contributed by atoms with Crippen LogP contribution in [0.15, 0.2) is 17.2 Å². The molecule has 0 aliphatic carbocycles. The van der Waals surface area contributed by atoms with Gasteiger partial charge < -0.3 is 0 Å². The summed E-state index contributed by atoms with van der Waals surface area (Å²) in [6.45, 7) is 0. The van der Waals surface area contributed by atoms with Crippen LogP contribution >= 0.6 is 22.6 Å². The number of hydrogen-bond donors (Lipinski definition) is 1. The molecule has 1 aromatic rings. The predicted octanol–water partition coefficient (Wildman–Crippen LogP) is 1.27. The van der Waals surface area contributed by atoms with Crippen molar-refractivity contribution in [2.75, 3.05) is 0 Å². The molecule has 0 aromatic carbocycles. The molecule has 0 fully saturated rings. The summed E-state index contributed by atoms with van der Waals surface area (Å²) in [7, 11) is -3.97. The third-order valence-corrected chi connectivity index (χ3v) is 3.19. The van der Waals surface area contributed by atoms with Gasteiger partial charge in [-0.3, -0.25) is 0 Å². The lowest BCUT2D eigenvalue weighted by molar-refractivity contribution is 0.149. The SMILES string of the molecule is NS(=O)(=O)c1cnc(I)c(C(F)F)c1. The zero-order chi connectivity index (χ0) is 10.9. The largest absolute Gasteiger partial charge is 0.266 e. The van der Waals surface area contributed by atoms with Gasteiger partial charge in [-0.15, -0.1) is 0 Å². The maximum absolute atomic E-state index is 12.3. The molecule has 14 heavy (non-hydrogen) atoms. The third kappa shape index (κ3) is 2.58. The molecule has 0 saturated carbocycles. The maximum atomic E-state index is 12.3. The van der Waals surface area contributed by atoms with Gasteiger partial charge in [0.25, 0.3) is 6.43 Å². The maximum Gasteiger partial charge on any atom is 0.266 e. The van der Waals surface area contributed by atoms with E-state index >= 15 is 0 Å². The Morgan fingerprint density at radius 2 is 2.07 bits per heavy atom. The lowest BCUT2D eigenvalue weighted by Crippen LogP contribution is -2.13. The van der Waals surface area contributed by atoms with E-state index in [2.05, 4.69) is 4.98 Å². The van der Waals surface area contributed by atoms with Crippen molar-refractivity contribution in [2.45, 2.75) is 11.3 Å². The number of primary sulfonamides is 1. The first-order valence-corrected chi connectivity index (χ1v) is 5.91. The van der Waals surface area contributed by atoms with E-state index in [4.69, 9.17) is 5.14 Å². The first kappa shape index (κ1) is 11.7. The second-order valence-electron chi connectivity index (χ2n) is 2.40. The molecule has 1 aromatic heterocycles. The van der Waals surface area contributed by atoms with Gasteiger partial charge in [0.2, 0.25) is 10.0 Å². The van der Waals surface area contributed by atoms with Crippen molar-refractivity contribution in [3.8, 4) is 0 Å². The molecule has 2 N–H and O–H groups in total. The minimum absolute atomic E-state index is 0.0602. The normalized spacial score (nSPS) is 12.1. The van der Waals surface area contributed by atoms with Crippen molar-refractivity contribution >= 4 is 32.6 Å². The standard InChI is InChI=1S/C6H5F2IN2O2S/c7-5(8)4-1-3(14(10,12)13)2-11-6(4)9/h1-2,5H,(H2,10,12,13). The molecule has 4 nitrogen and oxygen atoms in total. The fourth-order valence-corrected chi connectivity index (χ4v) is 1.77. The second-order valence-corrected chi connectivity index (χ2v) is 4.98. The summed E-state index contributed by atoms with van der Waals surface area (Å²) >= 11 is 1.59. The van der Waals surface area contributed by atoms with Crippen LogP contribution in [0, 0.1) is 3.70 Å². The highest BCUT2D eigenvalue weighted by atomic mass is 127. The fourth-order valence-electron chi connectivity index (χ4n) is 0.754. The molecule has 0 amide bonds. The number of nitrogens with two attached hydrogens (primary N) is 1. The van der Waals surface area contributed by atoms with Gasteiger partial charge in [0.15, 0.2) is 0 Å². The summed E-state index contributed by atoms with van der Waals surface area (Å²) in [5, 5.41) is 4.76. The van der Waals surface area contributed by atoms with Crippen LogP contribution in [0.25, 0.3) is 0 Å². The first-order valence-electron chi connectivity index (χ1n) is 3.29. The number of alkyl halides is 2. The third-order valence-electron chi connectivity index (χ3n) is 1.40. The average molecular weight is 334 g/mol. The quantitative estimate of drug-likeness (QED) is 0.654. The molecule has 0 unspecified atom stereocenters. The van der Waals surface area contributed by atoms with Crippen molar-refractivity contribution in [3.05, 3.63) is 21.5 Å². The number of hydrogen-bond acceptors (Lipinski definition) is 3. The topological polar surface area (TPSA) is 73.1 Å². The Hall–Kier alpha value is -0.350. The highest BCUT2D eigenvalue weighted by Gasteiger charge is 2.17. The van der Waals surface area contributed by atoms with E-state index in [-0.39, 0.29) is 3.70 Å². The molecular weight excluding hydrogens is 329 g/mol. The highest BCUT2D eigenvalue weighted by Crippen LogP contribution is 2.24. The van der Waals surface area contributed by atoms with Gasteiger partial charge in [-0.05, 0) is 28.7 Å². The monoisotopic (exact) mass is 334 g/mol. The van der Waals surface area contributed by atoms with E-state index in [1.165, 1.54) is 0 Å². The van der Waals surface area contributed by atoms with Crippen molar-refractivity contribution in [1.29, 1.82) is 0 Å². The van der Waals surface area contributed by atoms with E-state index in [1.54, 1.807) is 22.6 Å². The molecular formula is C6H5F2IN2O2S. The van der Waals surface area contributed by atoms with E-state index in [0.717, 1.165) is 12.3 Å². The first-order chi connectivity index (χ1) is 6.32. The van der Waals surface area contributed by atoms with Gasteiger partial charge in [0.05, 0.1) is 5.56 Å². The van der Waals surface area contributed by atoms with Crippen LogP contribution in [0.1, 0.15) is 12.0 Å². The van der Waals surface area contributed by atoms with Crippen LogP contribution in [0.5, 0.6) is 0 Å². The van der Waals surface area contributed by atoms with Crippen molar-refractivity contribution < 1.29 is 17.2 Å². The molecule has 0 aliphatic rings. The van der Waals surface area contributed by atoms with Gasteiger partial charge in [-0.1, -0.05) is 0 Å². The van der Waals surface area contributed by atoms with E-state index in [0.29, 0.717) is 0 Å². The number of pyridine rings is 1. The zero-order valence-electron chi connectivity index (χ0n) is 6.62. The Kier molecular flexibility index (Phi) is 3.37. The molecule has 1 heterocycles. The smallest absolute Gasteiger partial charge is 0.248 e. The van der Waals surface area contributed by atoms with Crippen LogP contribution in [-0.4, -0.2) is 13.4 Å². The number of halogens is 3. The summed E-state index contributed by atoms with van der Waals surface area (Å²) < 4.78 is 46.3. The number of aromatic nitrogens is 1. The number of nitrogens with zero attached hydrogens (tertiary/aromatic N) is 1. The van der Waals surface area contributed by atoms with Gasteiger partial charge in [0.1, 0.15) is 8.60 Å². The Bertz CT molecular complexity index is 449. The molecule has 0 radical (unpaired) electrons. The molecule has 0 bridgehead atoms. The number of rotatable bonds is 2. The lowest BCUT2D eigenvalue weighted by atomic mass is 10.3. The van der Waals surface area contributed by atoms with Crippen LogP contribution in [-0.2, 0) is 10.0 Å². The highest BCUT2D eigenvalue weighted by molar-refractivity contribution is 14.1. The Labute approximate surface area is 92.7 Å². The zero-order valence-corrected chi connectivity index (χ0v) is 9.59. The van der Waals surface area contributed by atoms with Crippen molar-refractivity contribution in [3.63, 3.8) is 0 Å². The predicted molar refractivity (Wildman–Crippen MR) is 53.3 cm³/mol. The molecule has 78 valence electrons. The van der Waals surface area contributed by atoms with Crippen LogP contribution in [0.2, 0.25) is 0 Å². The number of sulfonamides is 1. The molecule has 1 rings (SSSR count). The van der Waals surface area contributed by atoms with Crippen LogP contribution < -0.4 is 5.14 Å².